The third kappa shape index (κ3) is 2.28. The summed E-state index contributed by atoms with van der Waals surface area (Å²) in [5, 5.41) is 28.4. The second-order valence-electron chi connectivity index (χ2n) is 4.32. The number of fused-ring (bicyclic) bond motifs is 1. The van der Waals surface area contributed by atoms with Gasteiger partial charge in [0.05, 0.1) is 6.61 Å². The van der Waals surface area contributed by atoms with Crippen molar-refractivity contribution >= 4 is 10.9 Å². The third-order valence-electron chi connectivity index (χ3n) is 2.88. The minimum atomic E-state index is -1.26. The molecule has 0 bridgehead atoms. The zero-order valence-electron chi connectivity index (χ0n) is 9.92. The first-order chi connectivity index (χ1) is 8.52. The molecule has 96 valence electrons. The Morgan fingerprint density at radius 3 is 2.67 bits per heavy atom. The molecule has 0 radical (unpaired) electrons. The number of benzene rings is 1. The monoisotopic (exact) mass is 249 g/mol. The van der Waals surface area contributed by atoms with Gasteiger partial charge in [0, 0.05) is 22.7 Å². The topological polar surface area (TPSA) is 93.6 Å². The van der Waals surface area contributed by atoms with Crippen LogP contribution in [0.5, 0.6) is 0 Å². The third-order valence-corrected chi connectivity index (χ3v) is 2.88. The SMILES string of the molecule is Cc1cc(=O)c2cc(C(O)C(O)CO)ccc2[nH]1. The largest absolute Gasteiger partial charge is 0.394 e. The van der Waals surface area contributed by atoms with Gasteiger partial charge >= 0.3 is 0 Å². The molecule has 1 aromatic heterocycles. The van der Waals surface area contributed by atoms with Crippen molar-refractivity contribution in [2.24, 2.45) is 0 Å². The van der Waals surface area contributed by atoms with E-state index in [4.69, 9.17) is 5.11 Å². The van der Waals surface area contributed by atoms with Crippen molar-refractivity contribution in [3.05, 3.63) is 45.7 Å². The number of nitrogens with one attached hydrogen (secondary N) is 1. The summed E-state index contributed by atoms with van der Waals surface area (Å²) in [5.41, 5.74) is 1.69. The molecule has 0 fully saturated rings. The van der Waals surface area contributed by atoms with Crippen LogP contribution in [-0.2, 0) is 0 Å². The van der Waals surface area contributed by atoms with Crippen LogP contribution in [0.1, 0.15) is 17.4 Å². The summed E-state index contributed by atoms with van der Waals surface area (Å²) in [6.45, 7) is 1.25. The lowest BCUT2D eigenvalue weighted by Gasteiger charge is -2.16. The number of H-pyrrole nitrogens is 1. The zero-order chi connectivity index (χ0) is 13.3. The standard InChI is InChI=1S/C13H15NO4/c1-7-4-11(16)9-5-8(2-3-10(9)14-7)13(18)12(17)6-15/h2-5,12-13,15,17-18H,6H2,1H3,(H,14,16). The van der Waals surface area contributed by atoms with Crippen LogP contribution in [0.25, 0.3) is 10.9 Å². The van der Waals surface area contributed by atoms with Crippen molar-refractivity contribution in [1.29, 1.82) is 0 Å². The lowest BCUT2D eigenvalue weighted by Crippen LogP contribution is -2.22. The quantitative estimate of drug-likeness (QED) is 0.626. The van der Waals surface area contributed by atoms with E-state index in [1.165, 1.54) is 12.1 Å². The summed E-state index contributed by atoms with van der Waals surface area (Å²) in [6, 6.07) is 6.28. The number of aromatic amines is 1. The lowest BCUT2D eigenvalue weighted by molar-refractivity contribution is -0.0152. The molecule has 0 saturated carbocycles. The fourth-order valence-electron chi connectivity index (χ4n) is 1.90. The molecular formula is C13H15NO4. The van der Waals surface area contributed by atoms with Gasteiger partial charge in [-0.3, -0.25) is 4.79 Å². The first-order valence-corrected chi connectivity index (χ1v) is 5.63. The van der Waals surface area contributed by atoms with Crippen LogP contribution >= 0.6 is 0 Å². The molecule has 0 aliphatic heterocycles. The fourth-order valence-corrected chi connectivity index (χ4v) is 1.90. The predicted molar refractivity (Wildman–Crippen MR) is 67.4 cm³/mol. The average molecular weight is 249 g/mol. The van der Waals surface area contributed by atoms with Gasteiger partial charge in [0.25, 0.3) is 0 Å². The summed E-state index contributed by atoms with van der Waals surface area (Å²) in [4.78, 5) is 14.8. The van der Waals surface area contributed by atoms with Crippen LogP contribution in [0.2, 0.25) is 0 Å². The van der Waals surface area contributed by atoms with E-state index in [0.717, 1.165) is 5.69 Å². The van der Waals surface area contributed by atoms with E-state index in [0.29, 0.717) is 16.5 Å². The molecule has 2 atom stereocenters. The van der Waals surface area contributed by atoms with Gasteiger partial charge in [-0.05, 0) is 24.6 Å². The zero-order valence-corrected chi connectivity index (χ0v) is 9.92. The van der Waals surface area contributed by atoms with E-state index in [1.54, 1.807) is 19.1 Å². The summed E-state index contributed by atoms with van der Waals surface area (Å²) in [7, 11) is 0. The Kier molecular flexibility index (Phi) is 3.47. The minimum Gasteiger partial charge on any atom is -0.394 e. The van der Waals surface area contributed by atoms with E-state index in [-0.39, 0.29) is 5.43 Å². The molecule has 2 rings (SSSR count). The maximum atomic E-state index is 11.8. The van der Waals surface area contributed by atoms with E-state index < -0.39 is 18.8 Å². The van der Waals surface area contributed by atoms with Gasteiger partial charge in [-0.1, -0.05) is 6.07 Å². The normalized spacial score (nSPS) is 14.7. The fraction of sp³-hybridized carbons (Fsp3) is 0.308. The number of aromatic nitrogens is 1. The molecule has 2 aromatic rings. The number of hydrogen-bond acceptors (Lipinski definition) is 4. The van der Waals surface area contributed by atoms with Crippen LogP contribution in [0, 0.1) is 6.92 Å². The molecule has 0 saturated heterocycles. The van der Waals surface area contributed by atoms with Crippen molar-refractivity contribution in [1.82, 2.24) is 4.98 Å². The van der Waals surface area contributed by atoms with Gasteiger partial charge in [0.1, 0.15) is 12.2 Å². The number of aliphatic hydroxyl groups is 3. The second-order valence-corrected chi connectivity index (χ2v) is 4.32. The van der Waals surface area contributed by atoms with E-state index >= 15 is 0 Å². The summed E-state index contributed by atoms with van der Waals surface area (Å²) in [5.74, 6) is 0. The van der Waals surface area contributed by atoms with Gasteiger partial charge in [-0.25, -0.2) is 0 Å². The van der Waals surface area contributed by atoms with Crippen LogP contribution in [0.3, 0.4) is 0 Å². The van der Waals surface area contributed by atoms with Crippen LogP contribution < -0.4 is 5.43 Å². The lowest BCUT2D eigenvalue weighted by atomic mass is 10.0. The molecule has 4 N–H and O–H groups in total. The number of aliphatic hydroxyl groups excluding tert-OH is 3. The van der Waals surface area contributed by atoms with Crippen molar-refractivity contribution in [3.63, 3.8) is 0 Å². The molecule has 0 amide bonds. The first kappa shape index (κ1) is 12.8. The maximum Gasteiger partial charge on any atom is 0.189 e. The first-order valence-electron chi connectivity index (χ1n) is 5.63. The molecule has 5 nitrogen and oxygen atoms in total. The molecule has 1 aromatic carbocycles. The smallest absolute Gasteiger partial charge is 0.189 e. The number of aryl methyl sites for hydroxylation is 1. The van der Waals surface area contributed by atoms with Gasteiger partial charge in [-0.15, -0.1) is 0 Å². The molecule has 18 heavy (non-hydrogen) atoms. The predicted octanol–water partition coefficient (Wildman–Crippen LogP) is 0.223. The summed E-state index contributed by atoms with van der Waals surface area (Å²) < 4.78 is 0. The molecule has 5 heteroatoms. The van der Waals surface area contributed by atoms with E-state index in [1.807, 2.05) is 0 Å². The molecule has 2 unspecified atom stereocenters. The van der Waals surface area contributed by atoms with Crippen molar-refractivity contribution in [2.75, 3.05) is 6.61 Å². The highest BCUT2D eigenvalue weighted by Crippen LogP contribution is 2.20. The Labute approximate surface area is 103 Å². The highest BCUT2D eigenvalue weighted by Gasteiger charge is 2.17. The van der Waals surface area contributed by atoms with Crippen molar-refractivity contribution < 1.29 is 15.3 Å². The Bertz CT molecular complexity index is 620. The van der Waals surface area contributed by atoms with Crippen molar-refractivity contribution in [3.8, 4) is 0 Å². The van der Waals surface area contributed by atoms with Gasteiger partial charge in [0.15, 0.2) is 5.43 Å². The minimum absolute atomic E-state index is 0.145. The Morgan fingerprint density at radius 1 is 1.28 bits per heavy atom. The number of hydrogen-bond donors (Lipinski definition) is 4. The highest BCUT2D eigenvalue weighted by molar-refractivity contribution is 5.79. The average Bonchev–Trinajstić information content (AvgIpc) is 2.36. The molecule has 0 aliphatic rings. The molecule has 0 spiro atoms. The van der Waals surface area contributed by atoms with E-state index in [2.05, 4.69) is 4.98 Å². The highest BCUT2D eigenvalue weighted by atomic mass is 16.4. The van der Waals surface area contributed by atoms with Crippen molar-refractivity contribution in [2.45, 2.75) is 19.1 Å². The second kappa shape index (κ2) is 4.89. The Morgan fingerprint density at radius 2 is 2.00 bits per heavy atom. The summed E-state index contributed by atoms with van der Waals surface area (Å²) in [6.07, 6.45) is -2.47. The van der Waals surface area contributed by atoms with Crippen LogP contribution in [-0.4, -0.2) is 33.0 Å². The number of pyridine rings is 1. The van der Waals surface area contributed by atoms with E-state index in [9.17, 15) is 15.0 Å². The Balaban J connectivity index is 2.54. The maximum absolute atomic E-state index is 11.8. The van der Waals surface area contributed by atoms with Gasteiger partial charge in [-0.2, -0.15) is 0 Å². The summed E-state index contributed by atoms with van der Waals surface area (Å²) >= 11 is 0. The van der Waals surface area contributed by atoms with Crippen LogP contribution in [0.4, 0.5) is 0 Å². The van der Waals surface area contributed by atoms with Crippen LogP contribution in [0.15, 0.2) is 29.1 Å². The number of rotatable bonds is 3. The molecule has 1 heterocycles. The molecular weight excluding hydrogens is 234 g/mol. The Hall–Kier alpha value is -1.69. The van der Waals surface area contributed by atoms with Gasteiger partial charge < -0.3 is 20.3 Å². The molecule has 0 aliphatic carbocycles. The van der Waals surface area contributed by atoms with Gasteiger partial charge in [0.2, 0.25) is 0 Å².